The fourth-order valence-corrected chi connectivity index (χ4v) is 8.16. The lowest BCUT2D eigenvalue weighted by atomic mass is 9.76. The van der Waals surface area contributed by atoms with Crippen molar-refractivity contribution in [1.82, 2.24) is 35.7 Å². The van der Waals surface area contributed by atoms with Crippen molar-refractivity contribution in [2.45, 2.75) is 56.5 Å². The number of likely N-dealkylation sites (tertiary alicyclic amines) is 1. The normalized spacial score (nSPS) is 21.6. The molecule has 3 aromatic heterocycles. The number of carbonyl (C=O) groups excluding carboxylic acids is 2. The van der Waals surface area contributed by atoms with Gasteiger partial charge in [-0.05, 0) is 67.7 Å². The van der Waals surface area contributed by atoms with Crippen LogP contribution in [0.5, 0.6) is 0 Å². The molecule has 1 aliphatic heterocycles. The Bertz CT molecular complexity index is 1320. The summed E-state index contributed by atoms with van der Waals surface area (Å²) < 4.78 is 0. The molecule has 2 unspecified atom stereocenters. The molecule has 1 saturated heterocycles. The van der Waals surface area contributed by atoms with E-state index in [4.69, 9.17) is 0 Å². The molecule has 2 amide bonds. The molecule has 12 heteroatoms. The van der Waals surface area contributed by atoms with Gasteiger partial charge in [0.1, 0.15) is 11.5 Å². The molecule has 0 saturated carbocycles. The predicted octanol–water partition coefficient (Wildman–Crippen LogP) is 2.34. The van der Waals surface area contributed by atoms with Gasteiger partial charge in [-0.1, -0.05) is 5.21 Å². The van der Waals surface area contributed by atoms with Gasteiger partial charge in [-0.25, -0.2) is 0 Å². The Kier molecular flexibility index (Phi) is 7.11. The Morgan fingerprint density at radius 1 is 1.35 bits per heavy atom. The summed E-state index contributed by atoms with van der Waals surface area (Å²) in [6.45, 7) is 2.83. The second kappa shape index (κ2) is 10.3. The van der Waals surface area contributed by atoms with Gasteiger partial charge in [-0.15, -0.1) is 32.9 Å². The van der Waals surface area contributed by atoms with Crippen LogP contribution in [-0.2, 0) is 23.1 Å². The second-order valence-electron chi connectivity index (χ2n) is 9.94. The van der Waals surface area contributed by atoms with Gasteiger partial charge in [0.05, 0.1) is 17.5 Å². The van der Waals surface area contributed by atoms with Gasteiger partial charge in [-0.3, -0.25) is 9.59 Å². The van der Waals surface area contributed by atoms with Crippen LogP contribution in [0.25, 0.3) is 0 Å². The smallest absolute Gasteiger partial charge is 0.263 e. The van der Waals surface area contributed by atoms with E-state index in [2.05, 4.69) is 50.4 Å². The van der Waals surface area contributed by atoms with Crippen LogP contribution < -0.4 is 5.32 Å². The van der Waals surface area contributed by atoms with E-state index in [0.717, 1.165) is 41.0 Å². The molecule has 3 atom stereocenters. The van der Waals surface area contributed by atoms with E-state index in [1.807, 2.05) is 6.07 Å². The van der Waals surface area contributed by atoms with Crippen molar-refractivity contribution < 1.29 is 9.59 Å². The van der Waals surface area contributed by atoms with E-state index < -0.39 is 5.41 Å². The number of hydrogen-bond donors (Lipinski definition) is 2. The number of hydrogen-bond acceptors (Lipinski definition) is 9. The Balaban J connectivity index is 1.51. The van der Waals surface area contributed by atoms with Crippen LogP contribution in [0.2, 0.25) is 0 Å². The summed E-state index contributed by atoms with van der Waals surface area (Å²) in [5.74, 6) is 0.480. The number of H-pyrrole nitrogens is 1. The molecule has 3 aromatic rings. The number of nitrogens with one attached hydrogen (secondary N) is 2. The quantitative estimate of drug-likeness (QED) is 0.472. The number of rotatable bonds is 7. The van der Waals surface area contributed by atoms with E-state index >= 15 is 0 Å². The fraction of sp³-hybridized carbons (Fsp3) is 0.520. The zero-order valence-corrected chi connectivity index (χ0v) is 22.8. The van der Waals surface area contributed by atoms with Crippen LogP contribution in [0.3, 0.4) is 0 Å². The second-order valence-corrected chi connectivity index (χ2v) is 11.9. The summed E-state index contributed by atoms with van der Waals surface area (Å²) in [4.78, 5) is 32.0. The van der Waals surface area contributed by atoms with Gasteiger partial charge in [0, 0.05) is 36.4 Å². The molecular formula is C25H30N8O2S2. The lowest BCUT2D eigenvalue weighted by Gasteiger charge is -2.33. The summed E-state index contributed by atoms with van der Waals surface area (Å²) in [5.41, 5.74) is 1.66. The molecule has 4 heterocycles. The van der Waals surface area contributed by atoms with E-state index in [9.17, 15) is 14.9 Å². The molecule has 2 aliphatic rings. The molecule has 1 fully saturated rings. The standard InChI is InChI=1S/C25H30N8O2S2/c1-15(27-14-20(34)33-9-4-5-18(33)13-26)12-25(24-28-30-31-29-24)21-16(8-10-36-21)6-7-17-11-19(37-22(17)25)23(35)32(2)3/h8,10-11,15,18,27H,4-7,9,12,14H2,1-3H3,(H,28,29,30,31)/t15-,18?,25?/m1/s1. The monoisotopic (exact) mass is 538 g/mol. The number of nitrogens with zero attached hydrogens (tertiary/aromatic N) is 6. The van der Waals surface area contributed by atoms with Gasteiger partial charge in [0.15, 0.2) is 5.82 Å². The molecule has 1 aliphatic carbocycles. The number of aromatic amines is 1. The molecule has 37 heavy (non-hydrogen) atoms. The number of fused-ring (bicyclic) bond motifs is 2. The highest BCUT2D eigenvalue weighted by atomic mass is 32.1. The zero-order chi connectivity index (χ0) is 26.2. The van der Waals surface area contributed by atoms with E-state index in [-0.39, 0.29) is 30.4 Å². The summed E-state index contributed by atoms with van der Waals surface area (Å²) in [6, 6.07) is 5.98. The Morgan fingerprint density at radius 3 is 2.89 bits per heavy atom. The first-order chi connectivity index (χ1) is 17.8. The molecule has 0 spiro atoms. The van der Waals surface area contributed by atoms with E-state index in [1.165, 1.54) is 16.9 Å². The number of nitriles is 1. The van der Waals surface area contributed by atoms with Gasteiger partial charge in [-0.2, -0.15) is 10.5 Å². The number of aryl methyl sites for hydroxylation is 2. The van der Waals surface area contributed by atoms with Gasteiger partial charge in [0.25, 0.3) is 5.91 Å². The van der Waals surface area contributed by atoms with Crippen molar-refractivity contribution in [1.29, 1.82) is 5.26 Å². The van der Waals surface area contributed by atoms with E-state index in [1.54, 1.807) is 35.2 Å². The topological polar surface area (TPSA) is 131 Å². The van der Waals surface area contributed by atoms with Gasteiger partial charge < -0.3 is 15.1 Å². The highest BCUT2D eigenvalue weighted by Gasteiger charge is 2.48. The van der Waals surface area contributed by atoms with Crippen molar-refractivity contribution in [2.24, 2.45) is 0 Å². The SMILES string of the molecule is C[C@H](CC1(c2nn[nH]n2)c2sccc2CCc2cc(C(=O)N(C)C)sc21)NCC(=O)N1CCCC1C#N. The zero-order valence-electron chi connectivity index (χ0n) is 21.2. The van der Waals surface area contributed by atoms with Crippen LogP contribution in [0, 0.1) is 11.3 Å². The number of tetrazole rings is 1. The summed E-state index contributed by atoms with van der Waals surface area (Å²) >= 11 is 3.17. The number of thiophene rings is 2. The summed E-state index contributed by atoms with van der Waals surface area (Å²) in [5, 5.41) is 30.4. The molecule has 2 N–H and O–H groups in total. The third-order valence-corrected chi connectivity index (χ3v) is 9.72. The minimum absolute atomic E-state index is 0.0269. The van der Waals surface area contributed by atoms with Crippen molar-refractivity contribution in [3.05, 3.63) is 49.1 Å². The van der Waals surface area contributed by atoms with Crippen molar-refractivity contribution in [3.63, 3.8) is 0 Å². The molecule has 10 nitrogen and oxygen atoms in total. The minimum atomic E-state index is -0.712. The summed E-state index contributed by atoms with van der Waals surface area (Å²) in [6.07, 6.45) is 3.85. The molecule has 5 rings (SSSR count). The first-order valence-electron chi connectivity index (χ1n) is 12.4. The van der Waals surface area contributed by atoms with Crippen LogP contribution >= 0.6 is 22.7 Å². The van der Waals surface area contributed by atoms with Crippen molar-refractivity contribution >= 4 is 34.5 Å². The molecular weight excluding hydrogens is 508 g/mol. The maximum atomic E-state index is 12.9. The average Bonchev–Trinajstić information content (AvgIpc) is 3.70. The van der Waals surface area contributed by atoms with Crippen LogP contribution in [0.1, 0.15) is 62.6 Å². The first-order valence-corrected chi connectivity index (χ1v) is 14.1. The van der Waals surface area contributed by atoms with Crippen molar-refractivity contribution in [3.8, 4) is 6.07 Å². The highest BCUT2D eigenvalue weighted by Crippen LogP contribution is 2.51. The maximum absolute atomic E-state index is 12.9. The molecule has 0 aromatic carbocycles. The van der Waals surface area contributed by atoms with E-state index in [0.29, 0.717) is 23.7 Å². The molecule has 0 bridgehead atoms. The third-order valence-electron chi connectivity index (χ3n) is 7.28. The van der Waals surface area contributed by atoms with Crippen LogP contribution in [-0.4, -0.2) is 81.5 Å². The average molecular weight is 539 g/mol. The molecule has 0 radical (unpaired) electrons. The van der Waals surface area contributed by atoms with Gasteiger partial charge in [0.2, 0.25) is 5.91 Å². The molecule has 194 valence electrons. The Hall–Kier alpha value is -3.14. The largest absolute Gasteiger partial charge is 0.344 e. The number of aromatic nitrogens is 4. The third kappa shape index (κ3) is 4.56. The van der Waals surface area contributed by atoms with Gasteiger partial charge >= 0.3 is 0 Å². The Morgan fingerprint density at radius 2 is 2.16 bits per heavy atom. The first kappa shape index (κ1) is 25.5. The van der Waals surface area contributed by atoms with Crippen LogP contribution in [0.4, 0.5) is 0 Å². The summed E-state index contributed by atoms with van der Waals surface area (Å²) in [7, 11) is 3.52. The Labute approximate surface area is 223 Å². The lowest BCUT2D eigenvalue weighted by molar-refractivity contribution is -0.130. The highest BCUT2D eigenvalue weighted by molar-refractivity contribution is 7.15. The van der Waals surface area contributed by atoms with Crippen LogP contribution in [0.15, 0.2) is 17.5 Å². The van der Waals surface area contributed by atoms with Crippen molar-refractivity contribution in [2.75, 3.05) is 27.2 Å². The minimum Gasteiger partial charge on any atom is -0.344 e. The lowest BCUT2D eigenvalue weighted by Crippen LogP contribution is -2.45. The predicted molar refractivity (Wildman–Crippen MR) is 141 cm³/mol. The number of carbonyl (C=O) groups is 2. The fourth-order valence-electron chi connectivity index (χ4n) is 5.50. The maximum Gasteiger partial charge on any atom is 0.263 e. The number of amides is 2.